The third-order valence-electron chi connectivity index (χ3n) is 5.97. The van der Waals surface area contributed by atoms with E-state index in [1.165, 1.54) is 18.1 Å². The van der Waals surface area contributed by atoms with Gasteiger partial charge in [-0.3, -0.25) is 14.5 Å². The second-order valence-electron chi connectivity index (χ2n) is 7.83. The van der Waals surface area contributed by atoms with Gasteiger partial charge in [-0.15, -0.1) is 0 Å². The molecule has 0 bridgehead atoms. The van der Waals surface area contributed by atoms with E-state index in [-0.39, 0.29) is 23.4 Å². The fourth-order valence-electron chi connectivity index (χ4n) is 4.22. The number of aliphatic hydroxyl groups excluding tert-OH is 1. The molecule has 168 valence electrons. The topological polar surface area (TPSA) is 82.1 Å². The summed E-state index contributed by atoms with van der Waals surface area (Å²) in [5.41, 5.74) is 0.430. The smallest absolute Gasteiger partial charge is 0.295 e. The molecule has 1 unspecified atom stereocenters. The number of benzene rings is 2. The highest BCUT2D eigenvalue weighted by Gasteiger charge is 2.46. The minimum atomic E-state index is -0.999. The van der Waals surface area contributed by atoms with Crippen LogP contribution in [0, 0.1) is 5.82 Å². The number of nitrogens with zero attached hydrogens (tertiary/aromatic N) is 2. The SMILES string of the molecule is COc1ccc(/C(O)=C2/C(=O)C(=O)N(CCN3CCNCC3)C2c2ccccc2F)cc1. The van der Waals surface area contributed by atoms with Crippen molar-refractivity contribution in [1.29, 1.82) is 0 Å². The van der Waals surface area contributed by atoms with E-state index in [1.54, 1.807) is 42.5 Å². The number of nitrogens with one attached hydrogen (secondary N) is 1. The zero-order valence-electron chi connectivity index (χ0n) is 17.9. The first kappa shape index (κ1) is 22.0. The third-order valence-corrected chi connectivity index (χ3v) is 5.97. The van der Waals surface area contributed by atoms with Crippen LogP contribution < -0.4 is 10.1 Å². The van der Waals surface area contributed by atoms with Gasteiger partial charge in [0.1, 0.15) is 17.3 Å². The quantitative estimate of drug-likeness (QED) is 0.408. The van der Waals surface area contributed by atoms with Crippen LogP contribution in [0.2, 0.25) is 0 Å². The summed E-state index contributed by atoms with van der Waals surface area (Å²) in [5, 5.41) is 14.3. The van der Waals surface area contributed by atoms with E-state index in [2.05, 4.69) is 10.2 Å². The number of carbonyl (C=O) groups excluding carboxylic acids is 2. The van der Waals surface area contributed by atoms with Crippen molar-refractivity contribution in [3.8, 4) is 5.75 Å². The number of hydrogen-bond acceptors (Lipinski definition) is 6. The van der Waals surface area contributed by atoms with Gasteiger partial charge in [-0.2, -0.15) is 0 Å². The average Bonchev–Trinajstić information content (AvgIpc) is 3.08. The van der Waals surface area contributed by atoms with Crippen LogP contribution in [-0.4, -0.2) is 73.0 Å². The predicted octanol–water partition coefficient (Wildman–Crippen LogP) is 2.16. The number of ether oxygens (including phenoxy) is 1. The van der Waals surface area contributed by atoms with Gasteiger partial charge in [0, 0.05) is 50.4 Å². The number of hydrogen-bond donors (Lipinski definition) is 2. The standard InChI is InChI=1S/C24H26FN3O4/c1-32-17-8-6-16(7-9-17)22(29)20-21(18-4-2-3-5-19(18)25)28(24(31)23(20)30)15-14-27-12-10-26-11-13-27/h2-9,21,26,29H,10-15H2,1H3/b22-20-. The van der Waals surface area contributed by atoms with E-state index in [0.29, 0.717) is 17.9 Å². The fourth-order valence-corrected chi connectivity index (χ4v) is 4.22. The van der Waals surface area contributed by atoms with Crippen LogP contribution in [-0.2, 0) is 9.59 Å². The van der Waals surface area contributed by atoms with Crippen molar-refractivity contribution < 1.29 is 23.8 Å². The maximum Gasteiger partial charge on any atom is 0.295 e. The first-order chi connectivity index (χ1) is 15.5. The van der Waals surface area contributed by atoms with Gasteiger partial charge in [0.05, 0.1) is 18.7 Å². The molecule has 2 aromatic carbocycles. The Bertz CT molecular complexity index is 1030. The van der Waals surface area contributed by atoms with Crippen LogP contribution in [0.5, 0.6) is 5.75 Å². The van der Waals surface area contributed by atoms with E-state index in [1.807, 2.05) is 0 Å². The van der Waals surface area contributed by atoms with Crippen LogP contribution in [0.4, 0.5) is 4.39 Å². The van der Waals surface area contributed by atoms with Crippen LogP contribution in [0.1, 0.15) is 17.2 Å². The van der Waals surface area contributed by atoms with Crippen LogP contribution >= 0.6 is 0 Å². The molecule has 0 aromatic heterocycles. The molecule has 8 heteroatoms. The number of likely N-dealkylation sites (tertiary alicyclic amines) is 1. The van der Waals surface area contributed by atoms with Crippen molar-refractivity contribution in [2.24, 2.45) is 0 Å². The Balaban J connectivity index is 1.74. The lowest BCUT2D eigenvalue weighted by Gasteiger charge is -2.31. The number of halogens is 1. The summed E-state index contributed by atoms with van der Waals surface area (Å²) >= 11 is 0. The predicted molar refractivity (Wildman–Crippen MR) is 118 cm³/mol. The molecule has 4 rings (SSSR count). The number of ketones is 1. The van der Waals surface area contributed by atoms with Gasteiger partial charge >= 0.3 is 0 Å². The van der Waals surface area contributed by atoms with Crippen molar-refractivity contribution in [2.45, 2.75) is 6.04 Å². The van der Waals surface area contributed by atoms with Gasteiger partial charge < -0.3 is 20.1 Å². The van der Waals surface area contributed by atoms with Gasteiger partial charge in [0.25, 0.3) is 11.7 Å². The molecule has 2 aliphatic heterocycles. The number of aliphatic hydroxyl groups is 1. The summed E-state index contributed by atoms with van der Waals surface area (Å²) in [6.07, 6.45) is 0. The molecule has 1 amide bonds. The monoisotopic (exact) mass is 439 g/mol. The van der Waals surface area contributed by atoms with Crippen molar-refractivity contribution in [3.63, 3.8) is 0 Å². The highest BCUT2D eigenvalue weighted by atomic mass is 19.1. The molecule has 0 saturated carbocycles. The van der Waals surface area contributed by atoms with Crippen LogP contribution in [0.3, 0.4) is 0 Å². The average molecular weight is 439 g/mol. The molecule has 2 heterocycles. The Hall–Kier alpha value is -3.23. The van der Waals surface area contributed by atoms with E-state index in [4.69, 9.17) is 4.74 Å². The second kappa shape index (κ2) is 9.50. The van der Waals surface area contributed by atoms with Crippen LogP contribution in [0.15, 0.2) is 54.1 Å². The van der Waals surface area contributed by atoms with Gasteiger partial charge in [-0.05, 0) is 30.3 Å². The number of carbonyl (C=O) groups is 2. The molecular weight excluding hydrogens is 413 g/mol. The Morgan fingerprint density at radius 1 is 1.09 bits per heavy atom. The Kier molecular flexibility index (Phi) is 6.53. The maximum atomic E-state index is 14.8. The lowest BCUT2D eigenvalue weighted by Crippen LogP contribution is -2.46. The zero-order valence-corrected chi connectivity index (χ0v) is 17.9. The van der Waals surface area contributed by atoms with Gasteiger partial charge in [-0.25, -0.2) is 4.39 Å². The molecular formula is C24H26FN3O4. The number of rotatable bonds is 6. The van der Waals surface area contributed by atoms with Gasteiger partial charge in [-0.1, -0.05) is 18.2 Å². The molecule has 2 saturated heterocycles. The number of piperazine rings is 1. The largest absolute Gasteiger partial charge is 0.507 e. The summed E-state index contributed by atoms with van der Waals surface area (Å²) in [6.45, 7) is 4.19. The Labute approximate surface area is 186 Å². The van der Waals surface area contributed by atoms with Crippen molar-refractivity contribution >= 4 is 17.4 Å². The van der Waals surface area contributed by atoms with Crippen LogP contribution in [0.25, 0.3) is 5.76 Å². The molecule has 0 aliphatic carbocycles. The highest BCUT2D eigenvalue weighted by Crippen LogP contribution is 2.40. The van der Waals surface area contributed by atoms with Gasteiger partial charge in [0.15, 0.2) is 0 Å². The minimum absolute atomic E-state index is 0.106. The summed E-state index contributed by atoms with van der Waals surface area (Å²) in [6, 6.07) is 11.5. The zero-order chi connectivity index (χ0) is 22.7. The number of Topliss-reactive ketones (excluding diaryl/α,β-unsaturated/α-hetero) is 1. The molecule has 2 aromatic rings. The maximum absolute atomic E-state index is 14.8. The Morgan fingerprint density at radius 3 is 2.44 bits per heavy atom. The van der Waals surface area contributed by atoms with Crippen molar-refractivity contribution in [3.05, 3.63) is 71.0 Å². The molecule has 2 N–H and O–H groups in total. The lowest BCUT2D eigenvalue weighted by atomic mass is 9.95. The van der Waals surface area contributed by atoms with E-state index < -0.39 is 23.5 Å². The lowest BCUT2D eigenvalue weighted by molar-refractivity contribution is -0.140. The van der Waals surface area contributed by atoms with E-state index in [0.717, 1.165) is 26.2 Å². The highest BCUT2D eigenvalue weighted by molar-refractivity contribution is 6.46. The van der Waals surface area contributed by atoms with E-state index >= 15 is 0 Å². The summed E-state index contributed by atoms with van der Waals surface area (Å²) < 4.78 is 20.0. The molecule has 2 aliphatic rings. The molecule has 7 nitrogen and oxygen atoms in total. The van der Waals surface area contributed by atoms with E-state index in [9.17, 15) is 19.1 Å². The first-order valence-corrected chi connectivity index (χ1v) is 10.6. The number of methoxy groups -OCH3 is 1. The molecule has 0 radical (unpaired) electrons. The summed E-state index contributed by atoms with van der Waals surface area (Å²) in [7, 11) is 1.52. The molecule has 0 spiro atoms. The van der Waals surface area contributed by atoms with Crippen molar-refractivity contribution in [1.82, 2.24) is 15.1 Å². The van der Waals surface area contributed by atoms with Gasteiger partial charge in [0.2, 0.25) is 0 Å². The third kappa shape index (κ3) is 4.24. The number of amides is 1. The molecule has 1 atom stereocenters. The first-order valence-electron chi connectivity index (χ1n) is 10.6. The second-order valence-corrected chi connectivity index (χ2v) is 7.83. The summed E-state index contributed by atoms with van der Waals surface area (Å²) in [4.78, 5) is 29.6. The fraction of sp³-hybridized carbons (Fsp3) is 0.333. The normalized spacial score (nSPS) is 21.2. The minimum Gasteiger partial charge on any atom is -0.507 e. The molecule has 32 heavy (non-hydrogen) atoms. The van der Waals surface area contributed by atoms with Crippen molar-refractivity contribution in [2.75, 3.05) is 46.4 Å². The summed E-state index contributed by atoms with van der Waals surface area (Å²) in [5.74, 6) is -1.82. The Morgan fingerprint density at radius 2 is 1.78 bits per heavy atom. The molecule has 2 fully saturated rings.